The van der Waals surface area contributed by atoms with E-state index in [1.807, 2.05) is 0 Å². The lowest BCUT2D eigenvalue weighted by atomic mass is 10.2. The number of nitrogen functional groups attached to an aromatic ring is 1. The minimum Gasteiger partial charge on any atom is -0.396 e. The SMILES string of the molecule is Cc1ccc(Br)cc1NS(=O)(=O)c1cc(N)c(F)cc1F. The molecule has 2 aromatic rings. The molecule has 0 unspecified atom stereocenters. The van der Waals surface area contributed by atoms with Crippen molar-refractivity contribution in [3.05, 3.63) is 52.0 Å². The van der Waals surface area contributed by atoms with Gasteiger partial charge in [0, 0.05) is 10.5 Å². The van der Waals surface area contributed by atoms with Crippen LogP contribution < -0.4 is 10.5 Å². The summed E-state index contributed by atoms with van der Waals surface area (Å²) in [5, 5.41) is 0. The number of aryl methyl sites for hydroxylation is 1. The standard InChI is InChI=1S/C13H11BrF2N2O2S/c1-7-2-3-8(14)4-12(7)18-21(19,20)13-6-11(17)9(15)5-10(13)16/h2-6,18H,17H2,1H3. The molecule has 112 valence electrons. The molecule has 0 amide bonds. The van der Waals surface area contributed by atoms with Crippen molar-refractivity contribution in [3.8, 4) is 0 Å². The van der Waals surface area contributed by atoms with Crippen LogP contribution in [0.3, 0.4) is 0 Å². The summed E-state index contributed by atoms with van der Waals surface area (Å²) >= 11 is 3.22. The molecule has 21 heavy (non-hydrogen) atoms. The van der Waals surface area contributed by atoms with Gasteiger partial charge in [0.05, 0.1) is 11.4 Å². The molecule has 4 nitrogen and oxygen atoms in total. The van der Waals surface area contributed by atoms with Gasteiger partial charge in [0.15, 0.2) is 0 Å². The molecule has 0 spiro atoms. The number of hydrogen-bond acceptors (Lipinski definition) is 3. The summed E-state index contributed by atoms with van der Waals surface area (Å²) in [6.45, 7) is 1.69. The Hall–Kier alpha value is -1.67. The molecule has 0 atom stereocenters. The highest BCUT2D eigenvalue weighted by Gasteiger charge is 2.22. The summed E-state index contributed by atoms with van der Waals surface area (Å²) in [5.74, 6) is -2.22. The maximum Gasteiger partial charge on any atom is 0.264 e. The van der Waals surface area contributed by atoms with Crippen LogP contribution in [0.5, 0.6) is 0 Å². The highest BCUT2D eigenvalue weighted by Crippen LogP contribution is 2.26. The van der Waals surface area contributed by atoms with Gasteiger partial charge in [-0.2, -0.15) is 0 Å². The molecule has 2 aromatic carbocycles. The van der Waals surface area contributed by atoms with Gasteiger partial charge in [-0.25, -0.2) is 17.2 Å². The molecule has 0 saturated heterocycles. The minimum absolute atomic E-state index is 0.284. The Kier molecular flexibility index (Phi) is 4.20. The van der Waals surface area contributed by atoms with Crippen LogP contribution in [-0.4, -0.2) is 8.42 Å². The maximum atomic E-state index is 13.7. The Labute approximate surface area is 129 Å². The van der Waals surface area contributed by atoms with Gasteiger partial charge in [-0.3, -0.25) is 4.72 Å². The smallest absolute Gasteiger partial charge is 0.264 e. The quantitative estimate of drug-likeness (QED) is 0.806. The van der Waals surface area contributed by atoms with Crippen molar-refractivity contribution in [1.29, 1.82) is 0 Å². The zero-order valence-corrected chi connectivity index (χ0v) is 13.2. The maximum absolute atomic E-state index is 13.7. The van der Waals surface area contributed by atoms with Crippen LogP contribution in [0, 0.1) is 18.6 Å². The van der Waals surface area contributed by atoms with Gasteiger partial charge in [0.25, 0.3) is 10.0 Å². The molecule has 2 rings (SSSR count). The Morgan fingerprint density at radius 1 is 1.14 bits per heavy atom. The minimum atomic E-state index is -4.22. The van der Waals surface area contributed by atoms with E-state index in [0.717, 1.165) is 6.07 Å². The van der Waals surface area contributed by atoms with E-state index in [4.69, 9.17) is 5.73 Å². The monoisotopic (exact) mass is 376 g/mol. The largest absolute Gasteiger partial charge is 0.396 e. The lowest BCUT2D eigenvalue weighted by molar-refractivity contribution is 0.553. The predicted octanol–water partition coefficient (Wildman–Crippen LogP) is 3.42. The molecule has 0 saturated carbocycles. The van der Waals surface area contributed by atoms with Crippen molar-refractivity contribution in [3.63, 3.8) is 0 Å². The highest BCUT2D eigenvalue weighted by atomic mass is 79.9. The van der Waals surface area contributed by atoms with Crippen LogP contribution >= 0.6 is 15.9 Å². The van der Waals surface area contributed by atoms with Crippen molar-refractivity contribution >= 4 is 37.3 Å². The average molecular weight is 377 g/mol. The first kappa shape index (κ1) is 15.7. The number of nitrogens with one attached hydrogen (secondary N) is 1. The van der Waals surface area contributed by atoms with Gasteiger partial charge in [0.1, 0.15) is 16.5 Å². The Morgan fingerprint density at radius 2 is 1.81 bits per heavy atom. The van der Waals surface area contributed by atoms with Crippen LogP contribution in [0.15, 0.2) is 39.7 Å². The summed E-state index contributed by atoms with van der Waals surface area (Å²) in [4.78, 5) is -0.708. The number of sulfonamides is 1. The second-order valence-electron chi connectivity index (χ2n) is 4.37. The van der Waals surface area contributed by atoms with E-state index < -0.39 is 32.2 Å². The van der Waals surface area contributed by atoms with Gasteiger partial charge in [-0.1, -0.05) is 22.0 Å². The van der Waals surface area contributed by atoms with Gasteiger partial charge >= 0.3 is 0 Å². The average Bonchev–Trinajstić information content (AvgIpc) is 2.37. The molecular weight excluding hydrogens is 366 g/mol. The van der Waals surface area contributed by atoms with E-state index in [-0.39, 0.29) is 5.69 Å². The molecule has 3 N–H and O–H groups in total. The van der Waals surface area contributed by atoms with Gasteiger partial charge < -0.3 is 5.73 Å². The van der Waals surface area contributed by atoms with Crippen molar-refractivity contribution in [1.82, 2.24) is 0 Å². The van der Waals surface area contributed by atoms with E-state index in [1.54, 1.807) is 19.1 Å². The molecule has 0 bridgehead atoms. The number of nitrogens with two attached hydrogens (primary N) is 1. The van der Waals surface area contributed by atoms with Crippen molar-refractivity contribution in [2.75, 3.05) is 10.5 Å². The molecule has 0 radical (unpaired) electrons. The number of halogens is 3. The fourth-order valence-corrected chi connectivity index (χ4v) is 3.23. The van der Waals surface area contributed by atoms with Gasteiger partial charge in [-0.05, 0) is 30.7 Å². The first-order valence-electron chi connectivity index (χ1n) is 5.74. The van der Waals surface area contributed by atoms with Crippen LogP contribution in [0.25, 0.3) is 0 Å². The van der Waals surface area contributed by atoms with Crippen molar-refractivity contribution in [2.24, 2.45) is 0 Å². The summed E-state index contributed by atoms with van der Waals surface area (Å²) < 4.78 is 54.1. The molecule has 0 heterocycles. The molecule has 0 aromatic heterocycles. The first-order valence-corrected chi connectivity index (χ1v) is 8.02. The van der Waals surface area contributed by atoms with Crippen LogP contribution in [-0.2, 0) is 10.0 Å². The summed E-state index contributed by atoms with van der Waals surface area (Å²) in [5.41, 5.74) is 5.78. The normalized spacial score (nSPS) is 11.4. The third-order valence-corrected chi connectivity index (χ3v) is 4.66. The van der Waals surface area contributed by atoms with E-state index in [0.29, 0.717) is 16.1 Å². The Bertz CT molecular complexity index is 810. The fourth-order valence-electron chi connectivity index (χ4n) is 1.65. The lowest BCUT2D eigenvalue weighted by Crippen LogP contribution is -2.16. The zero-order chi connectivity index (χ0) is 15.8. The number of anilines is 2. The lowest BCUT2D eigenvalue weighted by Gasteiger charge is -2.12. The molecular formula is C13H11BrF2N2O2S. The third-order valence-electron chi connectivity index (χ3n) is 2.78. The van der Waals surface area contributed by atoms with Crippen LogP contribution in [0.4, 0.5) is 20.2 Å². The van der Waals surface area contributed by atoms with E-state index in [1.165, 1.54) is 6.07 Å². The highest BCUT2D eigenvalue weighted by molar-refractivity contribution is 9.10. The van der Waals surface area contributed by atoms with E-state index in [9.17, 15) is 17.2 Å². The number of hydrogen-bond donors (Lipinski definition) is 2. The van der Waals surface area contributed by atoms with Crippen molar-refractivity contribution < 1.29 is 17.2 Å². The predicted molar refractivity (Wildman–Crippen MR) is 80.5 cm³/mol. The van der Waals surface area contributed by atoms with Gasteiger partial charge in [0.2, 0.25) is 0 Å². The van der Waals surface area contributed by atoms with Crippen LogP contribution in [0.1, 0.15) is 5.56 Å². The first-order chi connectivity index (χ1) is 9.70. The molecule has 0 aliphatic rings. The van der Waals surface area contributed by atoms with E-state index >= 15 is 0 Å². The molecule has 0 fully saturated rings. The van der Waals surface area contributed by atoms with Gasteiger partial charge in [-0.15, -0.1) is 0 Å². The molecule has 8 heteroatoms. The van der Waals surface area contributed by atoms with Crippen molar-refractivity contribution in [2.45, 2.75) is 11.8 Å². The Morgan fingerprint density at radius 3 is 2.48 bits per heavy atom. The summed E-state index contributed by atoms with van der Waals surface area (Å²) in [6.07, 6.45) is 0. The Balaban J connectivity index is 2.48. The fraction of sp³-hybridized carbons (Fsp3) is 0.0769. The summed E-state index contributed by atoms with van der Waals surface area (Å²) in [7, 11) is -4.22. The number of rotatable bonds is 3. The zero-order valence-electron chi connectivity index (χ0n) is 10.8. The summed E-state index contributed by atoms with van der Waals surface area (Å²) in [6, 6.07) is 6.16. The third kappa shape index (κ3) is 3.33. The molecule has 0 aliphatic heterocycles. The van der Waals surface area contributed by atoms with E-state index in [2.05, 4.69) is 20.7 Å². The second kappa shape index (κ2) is 5.61. The topological polar surface area (TPSA) is 72.2 Å². The number of benzene rings is 2. The second-order valence-corrected chi connectivity index (χ2v) is 6.94. The van der Waals surface area contributed by atoms with Crippen LogP contribution in [0.2, 0.25) is 0 Å². The molecule has 0 aliphatic carbocycles.